The lowest BCUT2D eigenvalue weighted by atomic mass is 10.1. The van der Waals surface area contributed by atoms with Crippen molar-refractivity contribution < 1.29 is 23.8 Å². The van der Waals surface area contributed by atoms with E-state index in [9.17, 15) is 9.59 Å². The molecule has 2 aromatic rings. The maximum Gasteiger partial charge on any atom is 0.333 e. The highest BCUT2D eigenvalue weighted by Gasteiger charge is 2.06. The second-order valence-electron chi connectivity index (χ2n) is 5.18. The monoisotopic (exact) mass is 351 g/mol. The average molecular weight is 351 g/mol. The molecule has 0 bridgehead atoms. The number of hydrogen-bond donors (Lipinski definition) is 0. The van der Waals surface area contributed by atoms with Crippen LogP contribution < -0.4 is 9.47 Å². The van der Waals surface area contributed by atoms with Gasteiger partial charge in [-0.3, -0.25) is 4.79 Å². The zero-order chi connectivity index (χ0) is 18.8. The second kappa shape index (κ2) is 9.64. The minimum atomic E-state index is -0.553. The minimum Gasteiger partial charge on any atom is -0.457 e. The first kappa shape index (κ1) is 18.7. The third kappa shape index (κ3) is 6.13. The van der Waals surface area contributed by atoms with Gasteiger partial charge in [-0.1, -0.05) is 18.7 Å². The van der Waals surface area contributed by atoms with Crippen LogP contribution in [0.4, 0.5) is 0 Å². The van der Waals surface area contributed by atoms with Gasteiger partial charge in [0.15, 0.2) is 0 Å². The third-order valence-electron chi connectivity index (χ3n) is 3.35. The molecule has 0 aromatic heterocycles. The molecule has 26 heavy (non-hydrogen) atoms. The van der Waals surface area contributed by atoms with Crippen molar-refractivity contribution in [2.45, 2.75) is 12.8 Å². The first-order valence-corrected chi connectivity index (χ1v) is 7.82. The Morgan fingerprint density at radius 3 is 2.31 bits per heavy atom. The normalized spacial score (nSPS) is 9.65. The lowest BCUT2D eigenvalue weighted by Gasteiger charge is -2.07. The molecule has 0 N–H and O–H groups in total. The quantitative estimate of drug-likeness (QED) is 0.314. The maximum atomic E-state index is 11.9. The van der Waals surface area contributed by atoms with Crippen LogP contribution in [0.15, 0.2) is 61.2 Å². The van der Waals surface area contributed by atoms with Crippen LogP contribution in [0, 0.1) is 11.3 Å². The Balaban J connectivity index is 1.76. The van der Waals surface area contributed by atoms with E-state index in [1.807, 2.05) is 18.2 Å². The smallest absolute Gasteiger partial charge is 0.333 e. The van der Waals surface area contributed by atoms with Crippen molar-refractivity contribution in [3.8, 4) is 17.6 Å². The predicted molar refractivity (Wildman–Crippen MR) is 93.3 cm³/mol. The van der Waals surface area contributed by atoms with Crippen LogP contribution in [-0.4, -0.2) is 18.7 Å². The molecule has 132 valence electrons. The van der Waals surface area contributed by atoms with Crippen molar-refractivity contribution in [2.24, 2.45) is 0 Å². The molecule has 0 saturated carbocycles. The van der Waals surface area contributed by atoms with Gasteiger partial charge >= 0.3 is 11.9 Å². The van der Waals surface area contributed by atoms with E-state index in [1.54, 1.807) is 36.4 Å². The summed E-state index contributed by atoms with van der Waals surface area (Å²) in [6.07, 6.45) is 1.79. The van der Waals surface area contributed by atoms with E-state index in [2.05, 4.69) is 6.58 Å². The van der Waals surface area contributed by atoms with Gasteiger partial charge in [0.05, 0.1) is 11.6 Å². The Labute approximate surface area is 151 Å². The zero-order valence-electron chi connectivity index (χ0n) is 14.0. The lowest BCUT2D eigenvalue weighted by Crippen LogP contribution is -2.09. The van der Waals surface area contributed by atoms with Crippen LogP contribution >= 0.6 is 0 Å². The zero-order valence-corrected chi connectivity index (χ0v) is 14.0. The number of aryl methyl sites for hydroxylation is 1. The standard InChI is InChI=1S/C20H17NO5/c1-2-19(22)25-14-24-17-8-3-15(4-9-17)7-12-20(23)26-18-10-5-16(13-21)6-11-18/h2-6,8-11H,1,7,12,14H2. The number of nitrogens with zero attached hydrogens (tertiary/aromatic N) is 1. The Bertz CT molecular complexity index is 804. The third-order valence-corrected chi connectivity index (χ3v) is 3.35. The highest BCUT2D eigenvalue weighted by molar-refractivity contribution is 5.81. The van der Waals surface area contributed by atoms with Crippen LogP contribution in [0.2, 0.25) is 0 Å². The number of nitriles is 1. The van der Waals surface area contributed by atoms with Gasteiger partial charge in [-0.15, -0.1) is 0 Å². The molecule has 0 saturated heterocycles. The van der Waals surface area contributed by atoms with Crippen molar-refractivity contribution in [2.75, 3.05) is 6.79 Å². The van der Waals surface area contributed by atoms with E-state index in [4.69, 9.17) is 19.5 Å². The molecular weight excluding hydrogens is 334 g/mol. The van der Waals surface area contributed by atoms with E-state index >= 15 is 0 Å². The molecule has 0 unspecified atom stereocenters. The van der Waals surface area contributed by atoms with Crippen molar-refractivity contribution in [1.82, 2.24) is 0 Å². The molecule has 0 aliphatic carbocycles. The lowest BCUT2D eigenvalue weighted by molar-refractivity contribution is -0.144. The molecule has 6 heteroatoms. The number of carbonyl (C=O) groups excluding carboxylic acids is 2. The summed E-state index contributed by atoms with van der Waals surface area (Å²) in [5, 5.41) is 8.73. The molecule has 2 aromatic carbocycles. The van der Waals surface area contributed by atoms with E-state index in [1.165, 1.54) is 0 Å². The molecule has 0 aliphatic heterocycles. The summed E-state index contributed by atoms with van der Waals surface area (Å²) in [5.41, 5.74) is 1.45. The Morgan fingerprint density at radius 1 is 1.04 bits per heavy atom. The fourth-order valence-corrected chi connectivity index (χ4v) is 1.99. The molecule has 0 radical (unpaired) electrons. The number of ether oxygens (including phenoxy) is 3. The van der Waals surface area contributed by atoms with Gasteiger partial charge in [0, 0.05) is 12.5 Å². The van der Waals surface area contributed by atoms with Crippen molar-refractivity contribution in [3.05, 3.63) is 72.3 Å². The number of carbonyl (C=O) groups is 2. The molecular formula is C20H17NO5. The predicted octanol–water partition coefficient (Wildman–Crippen LogP) is 3.16. The molecule has 0 fully saturated rings. The Kier molecular flexibility index (Phi) is 6.95. The first-order valence-electron chi connectivity index (χ1n) is 7.82. The molecule has 0 heterocycles. The average Bonchev–Trinajstić information content (AvgIpc) is 2.67. The van der Waals surface area contributed by atoms with E-state index < -0.39 is 5.97 Å². The van der Waals surface area contributed by atoms with Crippen LogP contribution in [-0.2, 0) is 20.7 Å². The Morgan fingerprint density at radius 2 is 1.69 bits per heavy atom. The van der Waals surface area contributed by atoms with E-state index in [-0.39, 0.29) is 19.2 Å². The molecule has 0 spiro atoms. The topological polar surface area (TPSA) is 85.6 Å². The summed E-state index contributed by atoms with van der Waals surface area (Å²) < 4.78 is 15.2. The second-order valence-corrected chi connectivity index (χ2v) is 5.18. The van der Waals surface area contributed by atoms with Crippen LogP contribution in [0.1, 0.15) is 17.5 Å². The van der Waals surface area contributed by atoms with Gasteiger partial charge in [-0.25, -0.2) is 4.79 Å². The number of esters is 2. The van der Waals surface area contributed by atoms with Crippen LogP contribution in [0.3, 0.4) is 0 Å². The SMILES string of the molecule is C=CC(=O)OCOc1ccc(CCC(=O)Oc2ccc(C#N)cc2)cc1. The number of hydrogen-bond acceptors (Lipinski definition) is 6. The fourth-order valence-electron chi connectivity index (χ4n) is 1.99. The maximum absolute atomic E-state index is 11.9. The summed E-state index contributed by atoms with van der Waals surface area (Å²) in [5.74, 6) is 0.0476. The summed E-state index contributed by atoms with van der Waals surface area (Å²) >= 11 is 0. The number of rotatable bonds is 8. The highest BCUT2D eigenvalue weighted by atomic mass is 16.7. The van der Waals surface area contributed by atoms with Gasteiger partial charge in [0.1, 0.15) is 11.5 Å². The van der Waals surface area contributed by atoms with Gasteiger partial charge in [-0.05, 0) is 48.4 Å². The summed E-state index contributed by atoms with van der Waals surface area (Å²) in [4.78, 5) is 22.8. The largest absolute Gasteiger partial charge is 0.457 e. The summed E-state index contributed by atoms with van der Waals surface area (Å²) in [6.45, 7) is 3.09. The molecule has 6 nitrogen and oxygen atoms in total. The van der Waals surface area contributed by atoms with Crippen molar-refractivity contribution in [3.63, 3.8) is 0 Å². The first-order chi connectivity index (χ1) is 12.6. The van der Waals surface area contributed by atoms with Gasteiger partial charge < -0.3 is 14.2 Å². The van der Waals surface area contributed by atoms with Crippen molar-refractivity contribution >= 4 is 11.9 Å². The minimum absolute atomic E-state index is 0.193. The van der Waals surface area contributed by atoms with E-state index in [0.29, 0.717) is 23.5 Å². The molecule has 0 atom stereocenters. The Hall–Kier alpha value is -3.59. The van der Waals surface area contributed by atoms with Crippen LogP contribution in [0.25, 0.3) is 0 Å². The molecule has 2 rings (SSSR count). The van der Waals surface area contributed by atoms with Gasteiger partial charge in [-0.2, -0.15) is 5.26 Å². The fraction of sp³-hybridized carbons (Fsp3) is 0.150. The van der Waals surface area contributed by atoms with Gasteiger partial charge in [0.25, 0.3) is 0 Å². The highest BCUT2D eigenvalue weighted by Crippen LogP contribution is 2.15. The number of benzene rings is 2. The van der Waals surface area contributed by atoms with E-state index in [0.717, 1.165) is 11.6 Å². The van der Waals surface area contributed by atoms with Crippen molar-refractivity contribution in [1.29, 1.82) is 5.26 Å². The van der Waals surface area contributed by atoms with Crippen LogP contribution in [0.5, 0.6) is 11.5 Å². The molecule has 0 aliphatic rings. The van der Waals surface area contributed by atoms with Gasteiger partial charge in [0.2, 0.25) is 6.79 Å². The summed E-state index contributed by atoms with van der Waals surface area (Å²) in [7, 11) is 0. The molecule has 0 amide bonds. The summed E-state index contributed by atoms with van der Waals surface area (Å²) in [6, 6.07) is 15.4.